The average molecular weight is 383 g/mol. The second-order valence-corrected chi connectivity index (χ2v) is 8.13. The van der Waals surface area contributed by atoms with Gasteiger partial charge < -0.3 is 10.5 Å². The third-order valence-electron chi connectivity index (χ3n) is 3.06. The molecule has 0 heterocycles. The van der Waals surface area contributed by atoms with Crippen molar-refractivity contribution in [3.8, 4) is 0 Å². The summed E-state index contributed by atoms with van der Waals surface area (Å²) < 4.78 is 45.5. The minimum atomic E-state index is -3.77. The summed E-state index contributed by atoms with van der Waals surface area (Å²) in [4.78, 5) is -0.0797. The van der Waals surface area contributed by atoms with Gasteiger partial charge in [0.15, 0.2) is 0 Å². The molecule has 8 heteroatoms. The Morgan fingerprint density at radius 2 is 2.05 bits per heavy atom. The van der Waals surface area contributed by atoms with E-state index < -0.39 is 15.8 Å². The molecule has 0 radical (unpaired) electrons. The Bertz CT molecular complexity index is 606. The van der Waals surface area contributed by atoms with Gasteiger partial charge in [-0.05, 0) is 39.9 Å². The minimum absolute atomic E-state index is 0.0797. The van der Waals surface area contributed by atoms with E-state index in [1.807, 2.05) is 13.8 Å². The largest absolute Gasteiger partial charge is 0.396 e. The number of nitrogen functional groups attached to an aromatic ring is 1. The van der Waals surface area contributed by atoms with Crippen molar-refractivity contribution in [2.45, 2.75) is 25.2 Å². The van der Waals surface area contributed by atoms with Crippen LogP contribution in [-0.4, -0.2) is 28.7 Å². The topological polar surface area (TPSA) is 81.4 Å². The Morgan fingerprint density at radius 1 is 1.43 bits per heavy atom. The number of rotatable bonds is 7. The molecule has 0 atom stereocenters. The number of anilines is 1. The Kier molecular flexibility index (Phi) is 6.15. The minimum Gasteiger partial charge on any atom is -0.396 e. The van der Waals surface area contributed by atoms with Crippen LogP contribution in [0.15, 0.2) is 21.5 Å². The van der Waals surface area contributed by atoms with Crippen LogP contribution in [0.3, 0.4) is 0 Å². The first-order valence-corrected chi connectivity index (χ1v) is 8.60. The fourth-order valence-electron chi connectivity index (χ4n) is 1.59. The Hall–Kier alpha value is -0.700. The molecule has 0 bridgehead atoms. The zero-order valence-corrected chi connectivity index (χ0v) is 14.6. The van der Waals surface area contributed by atoms with Crippen molar-refractivity contribution in [2.75, 3.05) is 26.0 Å². The molecule has 0 aliphatic heterocycles. The van der Waals surface area contributed by atoms with E-state index in [9.17, 15) is 12.8 Å². The van der Waals surface area contributed by atoms with Crippen LogP contribution < -0.4 is 10.5 Å². The number of halogens is 2. The maximum Gasteiger partial charge on any atom is 0.241 e. The lowest BCUT2D eigenvalue weighted by Gasteiger charge is -2.24. The van der Waals surface area contributed by atoms with Crippen LogP contribution in [0, 0.1) is 11.2 Å². The van der Waals surface area contributed by atoms with E-state index >= 15 is 0 Å². The van der Waals surface area contributed by atoms with Crippen LogP contribution in [0.25, 0.3) is 0 Å². The summed E-state index contributed by atoms with van der Waals surface area (Å²) >= 11 is 3.04. The highest BCUT2D eigenvalue weighted by Crippen LogP contribution is 2.27. The molecule has 0 aliphatic carbocycles. The summed E-state index contributed by atoms with van der Waals surface area (Å²) in [6.45, 7) is 4.65. The normalized spacial score (nSPS) is 12.6. The molecule has 0 aliphatic rings. The molecule has 1 rings (SSSR count). The molecule has 0 saturated carbocycles. The molecule has 0 saturated heterocycles. The van der Waals surface area contributed by atoms with Gasteiger partial charge in [0.05, 0.1) is 10.6 Å². The average Bonchev–Trinajstić information content (AvgIpc) is 2.38. The van der Waals surface area contributed by atoms with E-state index in [4.69, 9.17) is 10.5 Å². The molecule has 0 aromatic heterocycles. The lowest BCUT2D eigenvalue weighted by molar-refractivity contribution is 0.153. The SMILES string of the molecule is COCCC(C)(C)CNS(=O)(=O)c1cc(N)c(F)cc1Br. The van der Waals surface area contributed by atoms with Crippen molar-refractivity contribution in [3.05, 3.63) is 22.4 Å². The molecule has 0 unspecified atom stereocenters. The highest BCUT2D eigenvalue weighted by molar-refractivity contribution is 9.10. The Balaban J connectivity index is 2.90. The lowest BCUT2D eigenvalue weighted by atomic mass is 9.90. The van der Waals surface area contributed by atoms with Gasteiger partial charge in [-0.2, -0.15) is 0 Å². The van der Waals surface area contributed by atoms with Gasteiger partial charge in [0.2, 0.25) is 10.0 Å². The first kappa shape index (κ1) is 18.3. The van der Waals surface area contributed by atoms with Crippen molar-refractivity contribution in [1.29, 1.82) is 0 Å². The Morgan fingerprint density at radius 3 is 2.62 bits per heavy atom. The summed E-state index contributed by atoms with van der Waals surface area (Å²) in [5, 5.41) is 0. The standard InChI is InChI=1S/C13H20BrFN2O3S/c1-13(2,4-5-20-3)8-17-21(18,19)12-7-11(16)10(15)6-9(12)14/h6-7,17H,4-5,8,16H2,1-3H3. The number of methoxy groups -OCH3 is 1. The highest BCUT2D eigenvalue weighted by atomic mass is 79.9. The molecule has 5 nitrogen and oxygen atoms in total. The van der Waals surface area contributed by atoms with Crippen molar-refractivity contribution in [2.24, 2.45) is 5.41 Å². The number of hydrogen-bond acceptors (Lipinski definition) is 4. The van der Waals surface area contributed by atoms with E-state index in [2.05, 4.69) is 20.7 Å². The van der Waals surface area contributed by atoms with Gasteiger partial charge >= 0.3 is 0 Å². The molecular weight excluding hydrogens is 363 g/mol. The van der Waals surface area contributed by atoms with E-state index in [0.717, 1.165) is 12.1 Å². The van der Waals surface area contributed by atoms with Crippen LogP contribution in [0.4, 0.5) is 10.1 Å². The first-order valence-electron chi connectivity index (χ1n) is 6.32. The first-order chi connectivity index (χ1) is 9.59. The molecule has 1 aromatic rings. The van der Waals surface area contributed by atoms with Gasteiger partial charge in [0.1, 0.15) is 5.82 Å². The van der Waals surface area contributed by atoms with Crippen molar-refractivity contribution < 1.29 is 17.5 Å². The van der Waals surface area contributed by atoms with Gasteiger partial charge in [0, 0.05) is 24.7 Å². The zero-order chi connectivity index (χ0) is 16.3. The smallest absolute Gasteiger partial charge is 0.241 e. The third-order valence-corrected chi connectivity index (χ3v) is 5.42. The number of hydrogen-bond donors (Lipinski definition) is 2. The zero-order valence-electron chi connectivity index (χ0n) is 12.2. The fourth-order valence-corrected chi connectivity index (χ4v) is 3.87. The number of nitrogens with one attached hydrogen (secondary N) is 1. The second kappa shape index (κ2) is 7.04. The maximum absolute atomic E-state index is 13.3. The van der Waals surface area contributed by atoms with E-state index in [0.29, 0.717) is 13.0 Å². The van der Waals surface area contributed by atoms with Crippen LogP contribution in [0.1, 0.15) is 20.3 Å². The van der Waals surface area contributed by atoms with Crippen LogP contribution >= 0.6 is 15.9 Å². The van der Waals surface area contributed by atoms with E-state index in [1.54, 1.807) is 7.11 Å². The number of nitrogens with two attached hydrogens (primary N) is 1. The highest BCUT2D eigenvalue weighted by Gasteiger charge is 2.24. The molecule has 0 fully saturated rings. The molecule has 0 amide bonds. The fraction of sp³-hybridized carbons (Fsp3) is 0.538. The third kappa shape index (κ3) is 5.21. The monoisotopic (exact) mass is 382 g/mol. The van der Waals surface area contributed by atoms with E-state index in [1.165, 1.54) is 0 Å². The summed E-state index contributed by atoms with van der Waals surface area (Å²) in [5.41, 5.74) is 4.96. The molecule has 21 heavy (non-hydrogen) atoms. The molecule has 120 valence electrons. The van der Waals surface area contributed by atoms with Crippen molar-refractivity contribution in [1.82, 2.24) is 4.72 Å². The second-order valence-electron chi connectivity index (χ2n) is 5.54. The van der Waals surface area contributed by atoms with Crippen LogP contribution in [0.2, 0.25) is 0 Å². The van der Waals surface area contributed by atoms with Gasteiger partial charge in [-0.3, -0.25) is 0 Å². The summed E-state index contributed by atoms with van der Waals surface area (Å²) in [7, 11) is -2.18. The summed E-state index contributed by atoms with van der Waals surface area (Å²) in [6, 6.07) is 2.14. The Labute approximate surface area is 133 Å². The summed E-state index contributed by atoms with van der Waals surface area (Å²) in [5.74, 6) is -0.666. The predicted molar refractivity (Wildman–Crippen MR) is 84.0 cm³/mol. The van der Waals surface area contributed by atoms with Gasteiger partial charge in [-0.1, -0.05) is 13.8 Å². The molecule has 1 aromatic carbocycles. The van der Waals surface area contributed by atoms with Crippen molar-refractivity contribution in [3.63, 3.8) is 0 Å². The van der Waals surface area contributed by atoms with Gasteiger partial charge in [-0.25, -0.2) is 17.5 Å². The number of sulfonamides is 1. The van der Waals surface area contributed by atoms with Crippen molar-refractivity contribution >= 4 is 31.6 Å². The number of ether oxygens (including phenoxy) is 1. The van der Waals surface area contributed by atoms with E-state index in [-0.39, 0.29) is 27.0 Å². The van der Waals surface area contributed by atoms with Gasteiger partial charge in [0.25, 0.3) is 0 Å². The maximum atomic E-state index is 13.3. The quantitative estimate of drug-likeness (QED) is 0.709. The van der Waals surface area contributed by atoms with Crippen LogP contribution in [0.5, 0.6) is 0 Å². The predicted octanol–water partition coefficient (Wildman–Crippen LogP) is 2.51. The lowest BCUT2D eigenvalue weighted by Crippen LogP contribution is -2.34. The molecular formula is C13H20BrFN2O3S. The molecule has 0 spiro atoms. The number of benzene rings is 1. The van der Waals surface area contributed by atoms with Crippen LogP contribution in [-0.2, 0) is 14.8 Å². The van der Waals surface area contributed by atoms with Gasteiger partial charge in [-0.15, -0.1) is 0 Å². The summed E-state index contributed by atoms with van der Waals surface area (Å²) in [6.07, 6.45) is 0.707. The molecule has 3 N–H and O–H groups in total.